The van der Waals surface area contributed by atoms with Crippen molar-refractivity contribution < 1.29 is 32.4 Å². The number of rotatable bonds is 3. The number of amides is 1. The number of nitro benzene ring substituents is 1. The number of non-ortho nitro benzene ring substituents is 1. The van der Waals surface area contributed by atoms with Gasteiger partial charge in [0.1, 0.15) is 13.2 Å². The van der Waals surface area contributed by atoms with E-state index in [-0.39, 0.29) is 24.6 Å². The first-order valence-corrected chi connectivity index (χ1v) is 5.92. The van der Waals surface area contributed by atoms with E-state index in [4.69, 9.17) is 4.74 Å². The van der Waals surface area contributed by atoms with Crippen LogP contribution in [0.5, 0.6) is 0 Å². The van der Waals surface area contributed by atoms with Crippen molar-refractivity contribution in [3.05, 3.63) is 45.9 Å². The van der Waals surface area contributed by atoms with Crippen molar-refractivity contribution in [1.82, 2.24) is 0 Å². The number of nitrogens with one attached hydrogen (secondary N) is 1. The lowest BCUT2D eigenvalue weighted by Gasteiger charge is -2.22. The quantitative estimate of drug-likeness (QED) is 0.682. The van der Waals surface area contributed by atoms with Crippen LogP contribution in [0, 0.1) is 10.1 Å². The minimum atomic E-state index is -4.88. The number of nitro groups is 1. The molecule has 0 atom stereocenters. The number of anilines is 1. The second-order valence-electron chi connectivity index (χ2n) is 4.11. The minimum Gasteiger partial charge on any atom is -0.483 e. The molecule has 0 saturated carbocycles. The van der Waals surface area contributed by atoms with Crippen LogP contribution < -0.4 is 5.32 Å². The van der Waals surface area contributed by atoms with E-state index in [2.05, 4.69) is 10.1 Å². The fourth-order valence-electron chi connectivity index (χ4n) is 1.68. The molecule has 1 aromatic carbocycles. The van der Waals surface area contributed by atoms with E-state index in [1.165, 1.54) is 18.2 Å². The highest BCUT2D eigenvalue weighted by atomic mass is 19.4. The molecule has 0 spiro atoms. The number of ether oxygens (including phenoxy) is 2. The van der Waals surface area contributed by atoms with E-state index < -0.39 is 28.5 Å². The van der Waals surface area contributed by atoms with E-state index in [0.29, 0.717) is 0 Å². The van der Waals surface area contributed by atoms with Crippen LogP contribution in [0.3, 0.4) is 0 Å². The summed E-state index contributed by atoms with van der Waals surface area (Å²) in [5, 5.41) is 12.7. The lowest BCUT2D eigenvalue weighted by Crippen LogP contribution is -2.30. The van der Waals surface area contributed by atoms with Gasteiger partial charge in [-0.1, -0.05) is 6.07 Å². The maximum absolute atomic E-state index is 12.7. The van der Waals surface area contributed by atoms with Gasteiger partial charge in [-0.25, -0.2) is 0 Å². The first-order valence-electron chi connectivity index (χ1n) is 5.92. The van der Waals surface area contributed by atoms with Crippen molar-refractivity contribution in [2.75, 3.05) is 18.5 Å². The van der Waals surface area contributed by atoms with E-state index in [1.54, 1.807) is 0 Å². The zero-order valence-corrected chi connectivity index (χ0v) is 10.8. The minimum absolute atomic E-state index is 0.0394. The van der Waals surface area contributed by atoms with Gasteiger partial charge in [0.15, 0.2) is 0 Å². The average molecular weight is 318 g/mol. The van der Waals surface area contributed by atoms with Gasteiger partial charge in [0, 0.05) is 17.8 Å². The van der Waals surface area contributed by atoms with Crippen molar-refractivity contribution in [1.29, 1.82) is 0 Å². The molecule has 0 fully saturated rings. The number of alkyl halides is 3. The van der Waals surface area contributed by atoms with E-state index in [1.807, 2.05) is 0 Å². The predicted octanol–water partition coefficient (Wildman–Crippen LogP) is 2.35. The van der Waals surface area contributed by atoms with Gasteiger partial charge in [0.2, 0.25) is 11.5 Å². The Morgan fingerprint density at radius 1 is 1.27 bits per heavy atom. The number of carbonyl (C=O) groups excluding carboxylic acids is 1. The molecule has 1 heterocycles. The van der Waals surface area contributed by atoms with Crippen LogP contribution in [-0.2, 0) is 14.3 Å². The van der Waals surface area contributed by atoms with Gasteiger partial charge >= 0.3 is 6.18 Å². The average Bonchev–Trinajstić information content (AvgIpc) is 2.46. The maximum atomic E-state index is 12.7. The van der Waals surface area contributed by atoms with Crippen LogP contribution in [-0.4, -0.2) is 30.2 Å². The Labute approximate surface area is 121 Å². The molecule has 0 radical (unpaired) electrons. The SMILES string of the molecule is O=C(Nc1cccc([N+](=O)[O-])c1)C1=C(C(F)(F)F)OCCO1. The topological polar surface area (TPSA) is 90.7 Å². The highest BCUT2D eigenvalue weighted by Crippen LogP contribution is 2.32. The summed E-state index contributed by atoms with van der Waals surface area (Å²) in [5.74, 6) is -3.74. The summed E-state index contributed by atoms with van der Waals surface area (Å²) in [7, 11) is 0. The van der Waals surface area contributed by atoms with Gasteiger partial charge in [-0.2, -0.15) is 13.2 Å². The van der Waals surface area contributed by atoms with Crippen molar-refractivity contribution in [2.45, 2.75) is 6.18 Å². The van der Waals surface area contributed by atoms with Crippen LogP contribution >= 0.6 is 0 Å². The Morgan fingerprint density at radius 3 is 2.59 bits per heavy atom. The number of halogens is 3. The molecular formula is C12H9F3N2O5. The fourth-order valence-corrected chi connectivity index (χ4v) is 1.68. The molecule has 1 N–H and O–H groups in total. The first kappa shape index (κ1) is 15.6. The summed E-state index contributed by atoms with van der Waals surface area (Å²) in [6, 6.07) is 4.76. The third kappa shape index (κ3) is 3.45. The number of carbonyl (C=O) groups is 1. The predicted molar refractivity (Wildman–Crippen MR) is 66.7 cm³/mol. The zero-order chi connectivity index (χ0) is 16.3. The van der Waals surface area contributed by atoms with Crippen molar-refractivity contribution >= 4 is 17.3 Å². The molecule has 10 heteroatoms. The normalized spacial score (nSPS) is 14.9. The zero-order valence-electron chi connectivity index (χ0n) is 10.8. The van der Waals surface area contributed by atoms with Crippen LogP contribution in [0.1, 0.15) is 0 Å². The molecule has 7 nitrogen and oxygen atoms in total. The molecule has 1 aliphatic rings. The third-order valence-electron chi connectivity index (χ3n) is 2.56. The van der Waals surface area contributed by atoms with Crippen molar-refractivity contribution in [3.8, 4) is 0 Å². The van der Waals surface area contributed by atoms with Gasteiger partial charge < -0.3 is 14.8 Å². The fraction of sp³-hybridized carbons (Fsp3) is 0.250. The van der Waals surface area contributed by atoms with Gasteiger partial charge in [0.25, 0.3) is 11.6 Å². The van der Waals surface area contributed by atoms with Crippen LogP contribution in [0.15, 0.2) is 35.8 Å². The summed E-state index contributed by atoms with van der Waals surface area (Å²) in [6.45, 7) is -0.542. The standard InChI is InChI=1S/C12H9F3N2O5/c13-12(14,15)10-9(21-4-5-22-10)11(18)16-7-2-1-3-8(6-7)17(19)20/h1-3,6H,4-5H2,(H,16,18). The Hall–Kier alpha value is -2.78. The number of nitrogens with zero attached hydrogens (tertiary/aromatic N) is 1. The van der Waals surface area contributed by atoms with Gasteiger partial charge in [-0.3, -0.25) is 14.9 Å². The number of hydrogen-bond donors (Lipinski definition) is 1. The summed E-state index contributed by atoms with van der Waals surface area (Å²) in [6.07, 6.45) is -4.88. The molecule has 0 bridgehead atoms. The Balaban J connectivity index is 2.26. The van der Waals surface area contributed by atoms with Crippen molar-refractivity contribution in [3.63, 3.8) is 0 Å². The molecule has 22 heavy (non-hydrogen) atoms. The molecule has 0 unspecified atom stereocenters. The molecule has 0 aliphatic carbocycles. The second kappa shape index (κ2) is 5.92. The number of allylic oxidation sites excluding steroid dienone is 1. The molecule has 0 aromatic heterocycles. The van der Waals surface area contributed by atoms with Gasteiger partial charge in [0.05, 0.1) is 4.92 Å². The first-order chi connectivity index (χ1) is 10.3. The van der Waals surface area contributed by atoms with Crippen LogP contribution in [0.2, 0.25) is 0 Å². The summed E-state index contributed by atoms with van der Waals surface area (Å²) >= 11 is 0. The molecule has 1 aliphatic heterocycles. The van der Waals surface area contributed by atoms with Crippen LogP contribution in [0.4, 0.5) is 24.5 Å². The number of benzene rings is 1. The highest BCUT2D eigenvalue weighted by molar-refractivity contribution is 6.02. The Morgan fingerprint density at radius 2 is 1.95 bits per heavy atom. The summed E-state index contributed by atoms with van der Waals surface area (Å²) in [4.78, 5) is 21.8. The molecule has 118 valence electrons. The molecule has 2 rings (SSSR count). The lowest BCUT2D eigenvalue weighted by molar-refractivity contribution is -0.384. The largest absolute Gasteiger partial charge is 0.483 e. The Kier molecular flexibility index (Phi) is 4.20. The van der Waals surface area contributed by atoms with E-state index in [0.717, 1.165) is 6.07 Å². The lowest BCUT2D eigenvalue weighted by atomic mass is 10.2. The van der Waals surface area contributed by atoms with E-state index in [9.17, 15) is 28.1 Å². The number of hydrogen-bond acceptors (Lipinski definition) is 5. The Bertz CT molecular complexity index is 642. The third-order valence-corrected chi connectivity index (χ3v) is 2.56. The van der Waals surface area contributed by atoms with Gasteiger partial charge in [-0.15, -0.1) is 0 Å². The summed E-state index contributed by atoms with van der Waals surface area (Å²) < 4.78 is 47.3. The van der Waals surface area contributed by atoms with E-state index >= 15 is 0 Å². The van der Waals surface area contributed by atoms with Gasteiger partial charge in [-0.05, 0) is 6.07 Å². The second-order valence-corrected chi connectivity index (χ2v) is 4.11. The smallest absolute Gasteiger partial charge is 0.453 e. The van der Waals surface area contributed by atoms with Crippen molar-refractivity contribution in [2.24, 2.45) is 0 Å². The molecular weight excluding hydrogens is 309 g/mol. The van der Waals surface area contributed by atoms with Crippen LogP contribution in [0.25, 0.3) is 0 Å². The molecule has 1 aromatic rings. The summed E-state index contributed by atoms with van der Waals surface area (Å²) in [5.41, 5.74) is -0.356. The molecule has 0 saturated heterocycles. The molecule has 1 amide bonds. The monoisotopic (exact) mass is 318 g/mol. The highest BCUT2D eigenvalue weighted by Gasteiger charge is 2.43. The maximum Gasteiger partial charge on any atom is 0.453 e.